The van der Waals surface area contributed by atoms with Crippen LogP contribution >= 0.6 is 31.9 Å². The summed E-state index contributed by atoms with van der Waals surface area (Å²) in [6.45, 7) is 5.63. The van der Waals surface area contributed by atoms with E-state index in [0.29, 0.717) is 40.4 Å². The van der Waals surface area contributed by atoms with E-state index in [0.717, 1.165) is 10.9 Å². The Balaban J connectivity index is 2.04. The summed E-state index contributed by atoms with van der Waals surface area (Å²) in [7, 11) is 0. The molecule has 1 fully saturated rings. The highest BCUT2D eigenvalue weighted by molar-refractivity contribution is 9.11. The summed E-state index contributed by atoms with van der Waals surface area (Å²) in [5.74, 6) is 0.645. The van der Waals surface area contributed by atoms with Gasteiger partial charge in [-0.2, -0.15) is 0 Å². The summed E-state index contributed by atoms with van der Waals surface area (Å²) < 4.78 is 6.90. The van der Waals surface area contributed by atoms with Crippen molar-refractivity contribution in [1.82, 2.24) is 4.90 Å². The van der Waals surface area contributed by atoms with Gasteiger partial charge in [-0.3, -0.25) is 4.79 Å². The van der Waals surface area contributed by atoms with Crippen LogP contribution in [0.2, 0.25) is 0 Å². The van der Waals surface area contributed by atoms with Crippen molar-refractivity contribution in [1.29, 1.82) is 0 Å². The normalized spacial score (nSPS) is 21.7. The summed E-state index contributed by atoms with van der Waals surface area (Å²) in [5.41, 5.74) is -0.0321. The third-order valence-corrected chi connectivity index (χ3v) is 5.18. The minimum Gasteiger partial charge on any atom is -0.421 e. The van der Waals surface area contributed by atoms with Gasteiger partial charge in [-0.15, -0.1) is 0 Å². The topological polar surface area (TPSA) is 50.5 Å². The van der Waals surface area contributed by atoms with Crippen LogP contribution in [0.1, 0.15) is 30.6 Å². The first-order valence-electron chi connectivity index (χ1n) is 7.57. The number of carbonyl (C=O) groups excluding carboxylic acids is 1. The summed E-state index contributed by atoms with van der Waals surface area (Å²) in [4.78, 5) is 26.8. The largest absolute Gasteiger partial charge is 0.421 e. The van der Waals surface area contributed by atoms with Crippen molar-refractivity contribution in [3.05, 3.63) is 43.1 Å². The van der Waals surface area contributed by atoms with Crippen LogP contribution in [-0.2, 0) is 0 Å². The smallest absolute Gasteiger partial charge is 0.349 e. The third kappa shape index (κ3) is 3.38. The number of hydrogen-bond acceptors (Lipinski definition) is 3. The Hall–Kier alpha value is -1.14. The average Bonchev–Trinajstić information content (AvgIpc) is 2.46. The Labute approximate surface area is 151 Å². The molecule has 0 radical (unpaired) electrons. The molecule has 1 aromatic carbocycles. The Morgan fingerprint density at radius 3 is 2.48 bits per heavy atom. The van der Waals surface area contributed by atoms with Gasteiger partial charge in [0.2, 0.25) is 0 Å². The van der Waals surface area contributed by atoms with Crippen molar-refractivity contribution in [3.63, 3.8) is 0 Å². The number of carbonyl (C=O) groups is 1. The number of amides is 1. The standard InChI is InChI=1S/C17H17Br2NO3/c1-9-3-10(2)8-20(7-9)16(21)13-5-11-4-12(18)6-14(19)15(11)23-17(13)22/h4-6,9-10H,3,7-8H2,1-2H3. The fraction of sp³-hybridized carbons (Fsp3) is 0.412. The van der Waals surface area contributed by atoms with Crippen molar-refractivity contribution in [2.45, 2.75) is 20.3 Å². The van der Waals surface area contributed by atoms with Crippen LogP contribution in [0.3, 0.4) is 0 Å². The molecule has 1 amide bonds. The van der Waals surface area contributed by atoms with Crippen molar-refractivity contribution in [2.75, 3.05) is 13.1 Å². The molecule has 0 aliphatic carbocycles. The lowest BCUT2D eigenvalue weighted by Gasteiger charge is -2.34. The monoisotopic (exact) mass is 441 g/mol. The van der Waals surface area contributed by atoms with Crippen molar-refractivity contribution < 1.29 is 9.21 Å². The molecule has 2 unspecified atom stereocenters. The molecule has 6 heteroatoms. The molecule has 4 nitrogen and oxygen atoms in total. The second-order valence-corrected chi connectivity index (χ2v) is 8.18. The minimum absolute atomic E-state index is 0.101. The van der Waals surface area contributed by atoms with Crippen LogP contribution in [0.15, 0.2) is 36.4 Å². The van der Waals surface area contributed by atoms with Gasteiger partial charge in [0.05, 0.1) is 4.47 Å². The van der Waals surface area contributed by atoms with E-state index in [4.69, 9.17) is 4.42 Å². The SMILES string of the molecule is CC1CC(C)CN(C(=O)c2cc3cc(Br)cc(Br)c3oc2=O)C1. The van der Waals surface area contributed by atoms with Crippen LogP contribution in [0, 0.1) is 11.8 Å². The van der Waals surface area contributed by atoms with Crippen LogP contribution in [0.5, 0.6) is 0 Å². The number of rotatable bonds is 1. The van der Waals surface area contributed by atoms with E-state index in [1.54, 1.807) is 17.0 Å². The van der Waals surface area contributed by atoms with Crippen LogP contribution in [0.25, 0.3) is 11.0 Å². The summed E-state index contributed by atoms with van der Waals surface area (Å²) in [6, 6.07) is 5.27. The van der Waals surface area contributed by atoms with Gasteiger partial charge in [-0.05, 0) is 52.4 Å². The highest BCUT2D eigenvalue weighted by Gasteiger charge is 2.28. The molecule has 3 rings (SSSR count). The zero-order chi connectivity index (χ0) is 16.7. The van der Waals surface area contributed by atoms with Gasteiger partial charge in [0.1, 0.15) is 5.56 Å². The van der Waals surface area contributed by atoms with E-state index in [2.05, 4.69) is 45.7 Å². The molecule has 1 aliphatic rings. The molecule has 0 saturated carbocycles. The minimum atomic E-state index is -0.587. The molecule has 1 aromatic heterocycles. The average molecular weight is 443 g/mol. The lowest BCUT2D eigenvalue weighted by molar-refractivity contribution is 0.0619. The van der Waals surface area contributed by atoms with E-state index >= 15 is 0 Å². The van der Waals surface area contributed by atoms with Crippen LogP contribution in [-0.4, -0.2) is 23.9 Å². The molecule has 0 N–H and O–H groups in total. The number of benzene rings is 1. The van der Waals surface area contributed by atoms with Crippen LogP contribution < -0.4 is 5.63 Å². The maximum Gasteiger partial charge on any atom is 0.349 e. The zero-order valence-electron chi connectivity index (χ0n) is 12.9. The molecule has 0 bridgehead atoms. The Morgan fingerprint density at radius 2 is 1.83 bits per heavy atom. The molecule has 1 saturated heterocycles. The second-order valence-electron chi connectivity index (χ2n) is 6.41. The third-order valence-electron chi connectivity index (χ3n) is 4.14. The summed E-state index contributed by atoms with van der Waals surface area (Å²) >= 11 is 6.79. The van der Waals surface area contributed by atoms with Gasteiger partial charge < -0.3 is 9.32 Å². The number of nitrogens with zero attached hydrogens (tertiary/aromatic N) is 1. The maximum absolute atomic E-state index is 12.8. The summed E-state index contributed by atoms with van der Waals surface area (Å²) in [5, 5.41) is 0.715. The highest BCUT2D eigenvalue weighted by atomic mass is 79.9. The zero-order valence-corrected chi connectivity index (χ0v) is 16.1. The number of fused-ring (bicyclic) bond motifs is 1. The first kappa shape index (κ1) is 16.7. The predicted molar refractivity (Wildman–Crippen MR) is 96.7 cm³/mol. The second kappa shape index (κ2) is 6.40. The molecular formula is C17H17Br2NO3. The lowest BCUT2D eigenvalue weighted by Crippen LogP contribution is -2.43. The molecule has 2 heterocycles. The maximum atomic E-state index is 12.8. The molecule has 122 valence electrons. The summed E-state index contributed by atoms with van der Waals surface area (Å²) in [6.07, 6.45) is 1.11. The Bertz CT molecular complexity index is 820. The highest BCUT2D eigenvalue weighted by Crippen LogP contribution is 2.29. The molecule has 0 spiro atoms. The number of likely N-dealkylation sites (tertiary alicyclic amines) is 1. The lowest BCUT2D eigenvalue weighted by atomic mass is 9.91. The fourth-order valence-electron chi connectivity index (χ4n) is 3.31. The van der Waals surface area contributed by atoms with E-state index < -0.39 is 5.63 Å². The first-order chi connectivity index (χ1) is 10.8. The fourth-order valence-corrected chi connectivity index (χ4v) is 4.64. The van der Waals surface area contributed by atoms with E-state index in [1.165, 1.54) is 0 Å². The number of piperidine rings is 1. The van der Waals surface area contributed by atoms with E-state index in [-0.39, 0.29) is 11.5 Å². The van der Waals surface area contributed by atoms with E-state index in [9.17, 15) is 9.59 Å². The van der Waals surface area contributed by atoms with Gasteiger partial charge >= 0.3 is 5.63 Å². The van der Waals surface area contributed by atoms with Gasteiger partial charge in [0, 0.05) is 22.9 Å². The van der Waals surface area contributed by atoms with Crippen molar-refractivity contribution >= 4 is 48.7 Å². The molecule has 2 aromatic rings. The first-order valence-corrected chi connectivity index (χ1v) is 9.16. The molecule has 1 aliphatic heterocycles. The Kier molecular flexibility index (Phi) is 4.65. The number of hydrogen-bond donors (Lipinski definition) is 0. The molecule has 23 heavy (non-hydrogen) atoms. The van der Waals surface area contributed by atoms with Gasteiger partial charge in [0.25, 0.3) is 5.91 Å². The predicted octanol–water partition coefficient (Wildman–Crippen LogP) is 4.44. The molecular weight excluding hydrogens is 426 g/mol. The van der Waals surface area contributed by atoms with Crippen molar-refractivity contribution in [3.8, 4) is 0 Å². The van der Waals surface area contributed by atoms with Gasteiger partial charge in [-0.1, -0.05) is 29.8 Å². The quantitative estimate of drug-likeness (QED) is 0.613. The van der Waals surface area contributed by atoms with Crippen molar-refractivity contribution in [2.24, 2.45) is 11.8 Å². The van der Waals surface area contributed by atoms with Gasteiger partial charge in [0.15, 0.2) is 5.58 Å². The van der Waals surface area contributed by atoms with Crippen LogP contribution in [0.4, 0.5) is 0 Å². The Morgan fingerprint density at radius 1 is 1.17 bits per heavy atom. The van der Waals surface area contributed by atoms with E-state index in [1.807, 2.05) is 6.07 Å². The molecule has 2 atom stereocenters. The number of halogens is 2. The van der Waals surface area contributed by atoms with Gasteiger partial charge in [-0.25, -0.2) is 4.79 Å².